The lowest BCUT2D eigenvalue weighted by molar-refractivity contribution is 0.639. The highest BCUT2D eigenvalue weighted by molar-refractivity contribution is 9.13. The largest absolute Gasteiger partial charge is 0.282 e. The van der Waals surface area contributed by atoms with Crippen LogP contribution in [0.15, 0.2) is 30.5 Å². The van der Waals surface area contributed by atoms with Gasteiger partial charge in [0.2, 0.25) is 0 Å². The van der Waals surface area contributed by atoms with Crippen molar-refractivity contribution in [2.45, 2.75) is 6.54 Å². The van der Waals surface area contributed by atoms with Gasteiger partial charge in [0.05, 0.1) is 22.2 Å². The highest BCUT2D eigenvalue weighted by atomic mass is 79.9. The third-order valence-corrected chi connectivity index (χ3v) is 3.86. The predicted molar refractivity (Wildman–Crippen MR) is 63.7 cm³/mol. The molecule has 0 aromatic carbocycles. The molecule has 0 atom stereocenters. The van der Waals surface area contributed by atoms with Crippen LogP contribution in [-0.2, 0) is 6.54 Å². The van der Waals surface area contributed by atoms with Crippen molar-refractivity contribution < 1.29 is 0 Å². The van der Waals surface area contributed by atoms with Crippen molar-refractivity contribution in [3.8, 4) is 0 Å². The summed E-state index contributed by atoms with van der Waals surface area (Å²) in [6, 6.07) is 0. The Hall–Kier alpha value is 0.160. The molecule has 76 valence electrons. The normalized spacial score (nSPS) is 11.9. The van der Waals surface area contributed by atoms with Gasteiger partial charge in [-0.05, 0) is 31.9 Å². The quantitative estimate of drug-likeness (QED) is 0.810. The third kappa shape index (κ3) is 2.82. The molecule has 3 nitrogen and oxygen atoms in total. The number of aromatic nitrogens is 2. The van der Waals surface area contributed by atoms with Gasteiger partial charge >= 0.3 is 0 Å². The Morgan fingerprint density at radius 2 is 2.29 bits per heavy atom. The van der Waals surface area contributed by atoms with Crippen LogP contribution in [0.4, 0.5) is 0 Å². The van der Waals surface area contributed by atoms with Crippen LogP contribution < -0.4 is 5.56 Å². The number of hydrogen-bond donors (Lipinski definition) is 0. The van der Waals surface area contributed by atoms with E-state index in [1.807, 2.05) is 0 Å². The smallest absolute Gasteiger partial charge is 0.266 e. The Bertz CT molecular complexity index is 430. The molecule has 0 radical (unpaired) electrons. The maximum atomic E-state index is 11.5. The van der Waals surface area contributed by atoms with Crippen LogP contribution in [0, 0.1) is 0 Å². The highest BCUT2D eigenvalue weighted by Crippen LogP contribution is 2.16. The number of nitrogens with zero attached hydrogens (tertiary/aromatic N) is 2. The summed E-state index contributed by atoms with van der Waals surface area (Å²) in [5.74, 6) is 0. The number of hydrogen-bond acceptors (Lipinski definition) is 2. The Balaban J connectivity index is 3.13. The molecule has 0 fully saturated rings. The van der Waals surface area contributed by atoms with E-state index in [0.29, 0.717) is 14.0 Å². The predicted octanol–water partition coefficient (Wildman–Crippen LogP) is 3.09. The second-order valence-corrected chi connectivity index (χ2v) is 4.68. The van der Waals surface area contributed by atoms with Crippen LogP contribution in [0.2, 0.25) is 0 Å². The zero-order valence-corrected chi connectivity index (χ0v) is 11.4. The minimum absolute atomic E-state index is 0.162. The molecule has 0 unspecified atom stereocenters. The van der Waals surface area contributed by atoms with Crippen LogP contribution in [0.1, 0.15) is 0 Å². The molecule has 1 aromatic heterocycles. The molecule has 1 heterocycles. The molecule has 0 aliphatic heterocycles. The van der Waals surface area contributed by atoms with Gasteiger partial charge in [0.15, 0.2) is 0 Å². The first kappa shape index (κ1) is 12.2. The van der Waals surface area contributed by atoms with Gasteiger partial charge in [-0.3, -0.25) is 4.79 Å². The van der Waals surface area contributed by atoms with Gasteiger partial charge in [-0.25, -0.2) is 4.68 Å². The summed E-state index contributed by atoms with van der Waals surface area (Å²) in [5.41, 5.74) is 0.932. The topological polar surface area (TPSA) is 34.9 Å². The Morgan fingerprint density at radius 1 is 1.64 bits per heavy atom. The molecule has 0 spiro atoms. The fourth-order valence-electron chi connectivity index (χ4n) is 0.735. The van der Waals surface area contributed by atoms with Crippen molar-refractivity contribution in [3.63, 3.8) is 0 Å². The van der Waals surface area contributed by atoms with Crippen LogP contribution in [0.3, 0.4) is 0 Å². The Labute approximate surface area is 107 Å². The zero-order valence-electron chi connectivity index (χ0n) is 6.68. The molecule has 0 amide bonds. The van der Waals surface area contributed by atoms with E-state index in [1.165, 1.54) is 16.4 Å². The number of rotatable bonds is 2. The lowest BCUT2D eigenvalue weighted by Crippen LogP contribution is -2.23. The van der Waals surface area contributed by atoms with Crippen molar-refractivity contribution in [1.82, 2.24) is 9.78 Å². The molecular formula is C7H4Br2Cl2N2O. The van der Waals surface area contributed by atoms with E-state index in [0.717, 1.165) is 0 Å². The molecule has 0 saturated carbocycles. The molecule has 1 aromatic rings. The number of allylic oxidation sites excluding steroid dienone is 1. The minimum Gasteiger partial charge on any atom is -0.266 e. The molecule has 0 aliphatic carbocycles. The summed E-state index contributed by atoms with van der Waals surface area (Å²) in [7, 11) is 0. The van der Waals surface area contributed by atoms with Gasteiger partial charge in [0.1, 0.15) is 4.47 Å². The molecule has 1 rings (SSSR count). The summed E-state index contributed by atoms with van der Waals surface area (Å²) in [4.78, 5) is 11.5. The van der Waals surface area contributed by atoms with E-state index in [4.69, 9.17) is 23.2 Å². The van der Waals surface area contributed by atoms with E-state index in [9.17, 15) is 4.79 Å². The van der Waals surface area contributed by atoms with Gasteiger partial charge in [-0.15, -0.1) is 0 Å². The average Bonchev–Trinajstić information content (AvgIpc) is 2.19. The van der Waals surface area contributed by atoms with Gasteiger partial charge in [-0.1, -0.05) is 23.2 Å². The lowest BCUT2D eigenvalue weighted by Gasteiger charge is -2.03. The second kappa shape index (κ2) is 5.30. The van der Waals surface area contributed by atoms with Crippen molar-refractivity contribution in [2.75, 3.05) is 0 Å². The van der Waals surface area contributed by atoms with Gasteiger partial charge < -0.3 is 0 Å². The van der Waals surface area contributed by atoms with Crippen molar-refractivity contribution in [3.05, 3.63) is 36.1 Å². The summed E-state index contributed by atoms with van der Waals surface area (Å²) in [6.07, 6.45) is 1.50. The van der Waals surface area contributed by atoms with Gasteiger partial charge in [-0.2, -0.15) is 5.10 Å². The molecule has 7 heteroatoms. The first-order chi connectivity index (χ1) is 6.56. The van der Waals surface area contributed by atoms with E-state index < -0.39 is 0 Å². The summed E-state index contributed by atoms with van der Waals surface area (Å²) in [5, 5.41) is 4.21. The van der Waals surface area contributed by atoms with Crippen molar-refractivity contribution in [1.29, 1.82) is 0 Å². The molecule has 0 aliphatic rings. The summed E-state index contributed by atoms with van der Waals surface area (Å²) >= 11 is 17.3. The minimum atomic E-state index is -0.268. The zero-order chi connectivity index (χ0) is 10.7. The maximum Gasteiger partial charge on any atom is 0.282 e. The SMILES string of the molecule is O=c1c(Br)c(Br)cnn1C/C(Cl)=C\Cl. The molecular weight excluding hydrogens is 359 g/mol. The summed E-state index contributed by atoms with van der Waals surface area (Å²) in [6.45, 7) is 0.162. The van der Waals surface area contributed by atoms with E-state index in [-0.39, 0.29) is 12.1 Å². The monoisotopic (exact) mass is 360 g/mol. The van der Waals surface area contributed by atoms with Gasteiger partial charge in [0.25, 0.3) is 5.56 Å². The molecule has 14 heavy (non-hydrogen) atoms. The average molecular weight is 363 g/mol. The summed E-state index contributed by atoms with van der Waals surface area (Å²) < 4.78 is 2.21. The van der Waals surface area contributed by atoms with E-state index >= 15 is 0 Å². The van der Waals surface area contributed by atoms with Crippen molar-refractivity contribution >= 4 is 55.1 Å². The van der Waals surface area contributed by atoms with Crippen LogP contribution in [-0.4, -0.2) is 9.78 Å². The third-order valence-electron chi connectivity index (χ3n) is 1.36. The maximum absolute atomic E-state index is 11.5. The standard InChI is InChI=1S/C7H4Br2Cl2N2O/c8-5-2-12-13(3-4(11)1-10)7(14)6(5)9/h1-2H,3H2/b4-1+. The van der Waals surface area contributed by atoms with E-state index in [1.54, 1.807) is 0 Å². The molecule has 0 bridgehead atoms. The van der Waals surface area contributed by atoms with Crippen LogP contribution >= 0.6 is 55.1 Å². The Morgan fingerprint density at radius 3 is 2.86 bits per heavy atom. The van der Waals surface area contributed by atoms with Gasteiger partial charge in [0, 0.05) is 5.54 Å². The fraction of sp³-hybridized carbons (Fsp3) is 0.143. The lowest BCUT2D eigenvalue weighted by atomic mass is 10.5. The van der Waals surface area contributed by atoms with E-state index in [2.05, 4.69) is 37.0 Å². The molecule has 0 N–H and O–H groups in total. The Kier molecular flexibility index (Phi) is 4.63. The van der Waals surface area contributed by atoms with Crippen molar-refractivity contribution in [2.24, 2.45) is 0 Å². The molecule has 0 saturated heterocycles. The van der Waals surface area contributed by atoms with Crippen LogP contribution in [0.5, 0.6) is 0 Å². The first-order valence-electron chi connectivity index (χ1n) is 3.42. The van der Waals surface area contributed by atoms with Crippen LogP contribution in [0.25, 0.3) is 0 Å². The second-order valence-electron chi connectivity index (χ2n) is 2.33. The highest BCUT2D eigenvalue weighted by Gasteiger charge is 2.06. The first-order valence-corrected chi connectivity index (χ1v) is 5.82. The fourth-order valence-corrected chi connectivity index (χ4v) is 1.49. The number of halogens is 4.